The molecule has 2 fully saturated rings. The normalized spacial score (nSPS) is 19.8. The van der Waals surface area contributed by atoms with E-state index in [1.54, 1.807) is 6.07 Å². The molecular formula is C20H24FN3O2. The Balaban J connectivity index is 1.57. The highest BCUT2D eigenvalue weighted by Crippen LogP contribution is 2.25. The van der Waals surface area contributed by atoms with Crippen molar-refractivity contribution < 1.29 is 9.18 Å². The summed E-state index contributed by atoms with van der Waals surface area (Å²) in [6.45, 7) is 3.27. The van der Waals surface area contributed by atoms with Crippen LogP contribution in [0.15, 0.2) is 29.1 Å². The fourth-order valence-corrected chi connectivity index (χ4v) is 4.35. The van der Waals surface area contributed by atoms with E-state index in [4.69, 9.17) is 0 Å². The van der Waals surface area contributed by atoms with Crippen LogP contribution in [0.2, 0.25) is 0 Å². The van der Waals surface area contributed by atoms with Crippen molar-refractivity contribution in [2.75, 3.05) is 26.2 Å². The molecule has 0 radical (unpaired) electrons. The van der Waals surface area contributed by atoms with Gasteiger partial charge in [0.1, 0.15) is 5.82 Å². The molecule has 1 amide bonds. The van der Waals surface area contributed by atoms with Gasteiger partial charge in [-0.2, -0.15) is 0 Å². The van der Waals surface area contributed by atoms with Crippen molar-refractivity contribution >= 4 is 16.8 Å². The Morgan fingerprint density at radius 2 is 1.85 bits per heavy atom. The first-order chi connectivity index (χ1) is 12.6. The Hall–Kier alpha value is -2.21. The summed E-state index contributed by atoms with van der Waals surface area (Å²) in [5.41, 5.74) is 0.343. The summed E-state index contributed by atoms with van der Waals surface area (Å²) in [6.07, 6.45) is 6.08. The molecule has 138 valence electrons. The van der Waals surface area contributed by atoms with E-state index < -0.39 is 5.82 Å². The van der Waals surface area contributed by atoms with Gasteiger partial charge < -0.3 is 9.88 Å². The number of carbonyl (C=O) groups excluding carboxylic acids is 1. The lowest BCUT2D eigenvalue weighted by Crippen LogP contribution is -2.38. The molecule has 1 saturated carbocycles. The lowest BCUT2D eigenvalue weighted by molar-refractivity contribution is 0.0760. The number of carbonyl (C=O) groups is 1. The van der Waals surface area contributed by atoms with Crippen molar-refractivity contribution in [3.63, 3.8) is 0 Å². The number of hydrogen-bond acceptors (Lipinski definition) is 3. The number of rotatable bonds is 2. The molecule has 0 bridgehead atoms. The average molecular weight is 357 g/mol. The van der Waals surface area contributed by atoms with Gasteiger partial charge in [-0.15, -0.1) is 0 Å². The molecule has 2 heterocycles. The number of benzene rings is 1. The Bertz CT molecular complexity index is 873. The van der Waals surface area contributed by atoms with Crippen LogP contribution >= 0.6 is 0 Å². The van der Waals surface area contributed by atoms with Crippen LogP contribution in [-0.2, 0) is 0 Å². The maximum Gasteiger partial charge on any atom is 0.254 e. The first kappa shape index (κ1) is 17.2. The standard InChI is InChI=1S/C20H24FN3O2/c21-14-6-7-16-17(13-19(25)22-18(16)12-14)20(26)24-9-3-8-23(10-11-24)15-4-1-2-5-15/h6-7,12-13,15H,1-5,8-11H2,(H,22,25). The SMILES string of the molecule is O=C(c1cc(=O)[nH]c2cc(F)ccc12)N1CCCN(C2CCCC2)CC1. The van der Waals surface area contributed by atoms with Gasteiger partial charge in [0.25, 0.3) is 5.91 Å². The van der Waals surface area contributed by atoms with Crippen LogP contribution in [0, 0.1) is 5.82 Å². The molecule has 2 aromatic rings. The van der Waals surface area contributed by atoms with Crippen molar-refractivity contribution in [2.45, 2.75) is 38.1 Å². The number of aromatic amines is 1. The predicted octanol–water partition coefficient (Wildman–Crippen LogP) is 2.76. The average Bonchev–Trinajstić information content (AvgIpc) is 3.05. The van der Waals surface area contributed by atoms with E-state index in [1.165, 1.54) is 43.9 Å². The number of amides is 1. The smallest absolute Gasteiger partial charge is 0.254 e. The van der Waals surface area contributed by atoms with Gasteiger partial charge in [-0.05, 0) is 37.5 Å². The third-order valence-electron chi connectivity index (χ3n) is 5.69. The Morgan fingerprint density at radius 3 is 2.65 bits per heavy atom. The second kappa shape index (κ2) is 7.19. The van der Waals surface area contributed by atoms with Crippen LogP contribution in [0.1, 0.15) is 42.5 Å². The van der Waals surface area contributed by atoms with Gasteiger partial charge in [0.05, 0.1) is 11.1 Å². The minimum Gasteiger partial charge on any atom is -0.337 e. The molecule has 1 aromatic carbocycles. The molecule has 2 aliphatic rings. The number of fused-ring (bicyclic) bond motifs is 1. The third kappa shape index (κ3) is 3.38. The zero-order valence-electron chi connectivity index (χ0n) is 14.8. The van der Waals surface area contributed by atoms with Crippen LogP contribution in [0.3, 0.4) is 0 Å². The Labute approximate surface area is 151 Å². The third-order valence-corrected chi connectivity index (χ3v) is 5.69. The van der Waals surface area contributed by atoms with Gasteiger partial charge in [0.2, 0.25) is 5.56 Å². The van der Waals surface area contributed by atoms with Crippen LogP contribution < -0.4 is 5.56 Å². The fraction of sp³-hybridized carbons (Fsp3) is 0.500. The maximum atomic E-state index is 13.5. The van der Waals surface area contributed by atoms with Crippen LogP contribution in [0.25, 0.3) is 10.9 Å². The fourth-order valence-electron chi connectivity index (χ4n) is 4.35. The van der Waals surface area contributed by atoms with E-state index in [0.717, 1.165) is 19.5 Å². The Kier molecular flexibility index (Phi) is 4.76. The molecule has 0 atom stereocenters. The number of hydrogen-bond donors (Lipinski definition) is 1. The summed E-state index contributed by atoms with van der Waals surface area (Å²) < 4.78 is 13.5. The molecule has 5 nitrogen and oxygen atoms in total. The number of H-pyrrole nitrogens is 1. The zero-order valence-corrected chi connectivity index (χ0v) is 14.8. The van der Waals surface area contributed by atoms with E-state index in [9.17, 15) is 14.0 Å². The lowest BCUT2D eigenvalue weighted by atomic mass is 10.1. The summed E-state index contributed by atoms with van der Waals surface area (Å²) in [5, 5.41) is 0.591. The first-order valence-electron chi connectivity index (χ1n) is 9.48. The second-order valence-electron chi connectivity index (χ2n) is 7.36. The molecule has 6 heteroatoms. The summed E-state index contributed by atoms with van der Waals surface area (Å²) in [7, 11) is 0. The van der Waals surface area contributed by atoms with Crippen LogP contribution in [-0.4, -0.2) is 52.9 Å². The Morgan fingerprint density at radius 1 is 1.04 bits per heavy atom. The van der Waals surface area contributed by atoms with E-state index >= 15 is 0 Å². The van der Waals surface area contributed by atoms with E-state index in [0.29, 0.717) is 35.6 Å². The minimum absolute atomic E-state index is 0.138. The van der Waals surface area contributed by atoms with Gasteiger partial charge in [-0.1, -0.05) is 12.8 Å². The van der Waals surface area contributed by atoms with Crippen molar-refractivity contribution in [3.05, 3.63) is 46.0 Å². The molecule has 1 aliphatic heterocycles. The van der Waals surface area contributed by atoms with Gasteiger partial charge in [-0.3, -0.25) is 14.5 Å². The molecule has 1 N–H and O–H groups in total. The molecule has 0 spiro atoms. The minimum atomic E-state index is -0.431. The van der Waals surface area contributed by atoms with Gasteiger partial charge in [0.15, 0.2) is 0 Å². The number of aromatic nitrogens is 1. The summed E-state index contributed by atoms with van der Waals surface area (Å²) in [6, 6.07) is 6.14. The monoisotopic (exact) mass is 357 g/mol. The predicted molar refractivity (Wildman–Crippen MR) is 98.9 cm³/mol. The van der Waals surface area contributed by atoms with Gasteiger partial charge >= 0.3 is 0 Å². The quantitative estimate of drug-likeness (QED) is 0.899. The van der Waals surface area contributed by atoms with Crippen molar-refractivity contribution in [1.82, 2.24) is 14.8 Å². The molecule has 1 aromatic heterocycles. The summed E-state index contributed by atoms with van der Waals surface area (Å²) >= 11 is 0. The lowest BCUT2D eigenvalue weighted by Gasteiger charge is -2.27. The highest BCUT2D eigenvalue weighted by Gasteiger charge is 2.27. The maximum absolute atomic E-state index is 13.5. The molecular weight excluding hydrogens is 333 g/mol. The molecule has 1 aliphatic carbocycles. The van der Waals surface area contributed by atoms with Crippen LogP contribution in [0.5, 0.6) is 0 Å². The second-order valence-corrected chi connectivity index (χ2v) is 7.36. The highest BCUT2D eigenvalue weighted by atomic mass is 19.1. The van der Waals surface area contributed by atoms with Crippen molar-refractivity contribution in [2.24, 2.45) is 0 Å². The number of halogens is 1. The van der Waals surface area contributed by atoms with Crippen LogP contribution in [0.4, 0.5) is 4.39 Å². The zero-order chi connectivity index (χ0) is 18.1. The number of nitrogens with one attached hydrogen (secondary N) is 1. The molecule has 0 unspecified atom stereocenters. The highest BCUT2D eigenvalue weighted by molar-refractivity contribution is 6.05. The van der Waals surface area contributed by atoms with Gasteiger partial charge in [-0.25, -0.2) is 4.39 Å². The summed E-state index contributed by atoms with van der Waals surface area (Å²) in [5.74, 6) is -0.569. The van der Waals surface area contributed by atoms with E-state index in [-0.39, 0.29) is 11.5 Å². The molecule has 4 rings (SSSR count). The van der Waals surface area contributed by atoms with Crippen molar-refractivity contribution in [3.8, 4) is 0 Å². The summed E-state index contributed by atoms with van der Waals surface area (Å²) in [4.78, 5) is 32.0. The first-order valence-corrected chi connectivity index (χ1v) is 9.48. The van der Waals surface area contributed by atoms with Crippen molar-refractivity contribution in [1.29, 1.82) is 0 Å². The molecule has 1 saturated heterocycles. The largest absolute Gasteiger partial charge is 0.337 e. The van der Waals surface area contributed by atoms with E-state index in [1.807, 2.05) is 4.90 Å². The number of pyridine rings is 1. The topological polar surface area (TPSA) is 56.4 Å². The van der Waals surface area contributed by atoms with Gasteiger partial charge in [0, 0.05) is 43.7 Å². The van der Waals surface area contributed by atoms with E-state index in [2.05, 4.69) is 9.88 Å². The number of nitrogens with zero attached hydrogens (tertiary/aromatic N) is 2. The molecule has 26 heavy (non-hydrogen) atoms.